The van der Waals surface area contributed by atoms with E-state index in [0.29, 0.717) is 5.92 Å². The minimum Gasteiger partial charge on any atom is -0.481 e. The molecular formula is C15H21FN2O2. The van der Waals surface area contributed by atoms with Gasteiger partial charge in [-0.1, -0.05) is 0 Å². The highest BCUT2D eigenvalue weighted by atomic mass is 19.1. The van der Waals surface area contributed by atoms with E-state index < -0.39 is 5.97 Å². The van der Waals surface area contributed by atoms with Crippen LogP contribution in [-0.4, -0.2) is 34.0 Å². The lowest BCUT2D eigenvalue weighted by Crippen LogP contribution is -2.37. The second-order valence-corrected chi connectivity index (χ2v) is 5.51. The molecule has 1 fully saturated rings. The summed E-state index contributed by atoms with van der Waals surface area (Å²) in [5.74, 6) is -0.614. The fourth-order valence-corrected chi connectivity index (χ4v) is 2.83. The molecule has 110 valence electrons. The number of carboxylic acids is 1. The standard InChI is InChI=1S/C15H21FN2O2/c1-11(14-6-5-13(16)9-17-14)18-8-2-3-12(10-18)4-7-15(19)20/h5-6,9,11-12H,2-4,7-8,10H2,1H3,(H,19,20). The first-order valence-electron chi connectivity index (χ1n) is 7.13. The Hall–Kier alpha value is -1.49. The van der Waals surface area contributed by atoms with E-state index in [-0.39, 0.29) is 18.3 Å². The van der Waals surface area contributed by atoms with Gasteiger partial charge >= 0.3 is 5.97 Å². The van der Waals surface area contributed by atoms with Crippen molar-refractivity contribution < 1.29 is 14.3 Å². The van der Waals surface area contributed by atoms with Crippen molar-refractivity contribution in [2.75, 3.05) is 13.1 Å². The average molecular weight is 280 g/mol. The predicted molar refractivity (Wildman–Crippen MR) is 73.8 cm³/mol. The molecule has 1 aliphatic rings. The summed E-state index contributed by atoms with van der Waals surface area (Å²) in [4.78, 5) is 17.1. The summed E-state index contributed by atoms with van der Waals surface area (Å²) in [6, 6.07) is 3.30. The summed E-state index contributed by atoms with van der Waals surface area (Å²) in [5.41, 5.74) is 0.866. The topological polar surface area (TPSA) is 53.4 Å². The highest BCUT2D eigenvalue weighted by molar-refractivity contribution is 5.66. The van der Waals surface area contributed by atoms with Crippen molar-refractivity contribution in [1.29, 1.82) is 0 Å². The number of halogens is 1. The first-order valence-corrected chi connectivity index (χ1v) is 7.13. The van der Waals surface area contributed by atoms with E-state index in [1.165, 1.54) is 12.3 Å². The number of piperidine rings is 1. The third-order valence-electron chi connectivity index (χ3n) is 4.04. The highest BCUT2D eigenvalue weighted by Gasteiger charge is 2.25. The highest BCUT2D eigenvalue weighted by Crippen LogP contribution is 2.27. The Morgan fingerprint density at radius 1 is 1.60 bits per heavy atom. The molecule has 0 radical (unpaired) electrons. The lowest BCUT2D eigenvalue weighted by atomic mass is 9.92. The van der Waals surface area contributed by atoms with Gasteiger partial charge in [-0.15, -0.1) is 0 Å². The van der Waals surface area contributed by atoms with E-state index in [1.54, 1.807) is 6.07 Å². The van der Waals surface area contributed by atoms with Crippen LogP contribution in [0.4, 0.5) is 4.39 Å². The number of carboxylic acid groups (broad SMARTS) is 1. The molecule has 20 heavy (non-hydrogen) atoms. The normalized spacial score (nSPS) is 21.6. The SMILES string of the molecule is CC(c1ccc(F)cn1)N1CCCC(CCC(=O)O)C1. The maximum absolute atomic E-state index is 12.9. The molecule has 2 atom stereocenters. The molecule has 0 spiro atoms. The molecule has 4 nitrogen and oxygen atoms in total. The lowest BCUT2D eigenvalue weighted by molar-refractivity contribution is -0.137. The third-order valence-corrected chi connectivity index (χ3v) is 4.04. The molecule has 0 amide bonds. The molecule has 1 aliphatic heterocycles. The number of aromatic nitrogens is 1. The van der Waals surface area contributed by atoms with E-state index >= 15 is 0 Å². The van der Waals surface area contributed by atoms with Crippen LogP contribution in [0.3, 0.4) is 0 Å². The molecule has 2 rings (SSSR count). The Balaban J connectivity index is 1.94. The largest absolute Gasteiger partial charge is 0.481 e. The zero-order valence-corrected chi connectivity index (χ0v) is 11.8. The van der Waals surface area contributed by atoms with Gasteiger partial charge in [0.15, 0.2) is 0 Å². The molecule has 5 heteroatoms. The van der Waals surface area contributed by atoms with E-state index in [0.717, 1.165) is 38.0 Å². The van der Waals surface area contributed by atoms with Crippen molar-refractivity contribution in [3.63, 3.8) is 0 Å². The zero-order valence-electron chi connectivity index (χ0n) is 11.8. The van der Waals surface area contributed by atoms with E-state index in [2.05, 4.69) is 16.8 Å². The van der Waals surface area contributed by atoms with Crippen molar-refractivity contribution in [2.24, 2.45) is 5.92 Å². The van der Waals surface area contributed by atoms with E-state index in [9.17, 15) is 9.18 Å². The van der Waals surface area contributed by atoms with Gasteiger partial charge in [0.2, 0.25) is 0 Å². The monoisotopic (exact) mass is 280 g/mol. The number of rotatable bonds is 5. The molecule has 0 bridgehead atoms. The lowest BCUT2D eigenvalue weighted by Gasteiger charge is -2.36. The number of aliphatic carboxylic acids is 1. The van der Waals surface area contributed by atoms with Crippen molar-refractivity contribution in [3.05, 3.63) is 29.8 Å². The molecule has 1 N–H and O–H groups in total. The van der Waals surface area contributed by atoms with Crippen LogP contribution in [0.15, 0.2) is 18.3 Å². The van der Waals surface area contributed by atoms with Crippen LogP contribution >= 0.6 is 0 Å². The fraction of sp³-hybridized carbons (Fsp3) is 0.600. The summed E-state index contributed by atoms with van der Waals surface area (Å²) in [5, 5.41) is 8.76. The number of pyridine rings is 1. The van der Waals surface area contributed by atoms with Crippen molar-refractivity contribution in [3.8, 4) is 0 Å². The van der Waals surface area contributed by atoms with Gasteiger partial charge < -0.3 is 5.11 Å². The maximum Gasteiger partial charge on any atom is 0.303 e. The van der Waals surface area contributed by atoms with Gasteiger partial charge in [-0.3, -0.25) is 14.7 Å². The summed E-state index contributed by atoms with van der Waals surface area (Å²) >= 11 is 0. The first kappa shape index (κ1) is 14.9. The maximum atomic E-state index is 12.9. The second-order valence-electron chi connectivity index (χ2n) is 5.51. The summed E-state index contributed by atoms with van der Waals surface area (Å²) in [6.07, 6.45) is 4.39. The molecule has 1 aromatic rings. The van der Waals surface area contributed by atoms with Gasteiger partial charge in [0.25, 0.3) is 0 Å². The smallest absolute Gasteiger partial charge is 0.303 e. The molecule has 0 aromatic carbocycles. The van der Waals surface area contributed by atoms with E-state index in [1.807, 2.05) is 0 Å². The van der Waals surface area contributed by atoms with Gasteiger partial charge in [-0.05, 0) is 50.8 Å². The minimum atomic E-state index is -0.727. The predicted octanol–water partition coefficient (Wildman–Crippen LogP) is 2.86. The van der Waals surface area contributed by atoms with Gasteiger partial charge in [-0.25, -0.2) is 4.39 Å². The molecule has 2 unspecified atom stereocenters. The summed E-state index contributed by atoms with van der Waals surface area (Å²) < 4.78 is 12.9. The Morgan fingerprint density at radius 3 is 3.05 bits per heavy atom. The Morgan fingerprint density at radius 2 is 2.40 bits per heavy atom. The van der Waals surface area contributed by atoms with Crippen molar-refractivity contribution in [2.45, 2.75) is 38.6 Å². The number of nitrogens with zero attached hydrogens (tertiary/aromatic N) is 2. The van der Waals surface area contributed by atoms with Crippen LogP contribution in [0.2, 0.25) is 0 Å². The van der Waals surface area contributed by atoms with Crippen LogP contribution in [0.1, 0.15) is 44.3 Å². The average Bonchev–Trinajstić information content (AvgIpc) is 2.45. The molecule has 0 aliphatic carbocycles. The number of carbonyl (C=O) groups is 1. The number of hydrogen-bond acceptors (Lipinski definition) is 3. The second kappa shape index (κ2) is 6.79. The molecular weight excluding hydrogens is 259 g/mol. The van der Waals surface area contributed by atoms with Crippen LogP contribution in [0.5, 0.6) is 0 Å². The molecule has 2 heterocycles. The molecule has 1 saturated heterocycles. The summed E-state index contributed by atoms with van der Waals surface area (Å²) in [6.45, 7) is 3.96. The van der Waals surface area contributed by atoms with Crippen molar-refractivity contribution >= 4 is 5.97 Å². The van der Waals surface area contributed by atoms with E-state index in [4.69, 9.17) is 5.11 Å². The quantitative estimate of drug-likeness (QED) is 0.901. The van der Waals surface area contributed by atoms with Crippen LogP contribution in [0.25, 0.3) is 0 Å². The van der Waals surface area contributed by atoms with Crippen LogP contribution in [-0.2, 0) is 4.79 Å². The zero-order chi connectivity index (χ0) is 14.5. The van der Waals surface area contributed by atoms with Crippen LogP contribution in [0, 0.1) is 11.7 Å². The fourth-order valence-electron chi connectivity index (χ4n) is 2.83. The third kappa shape index (κ3) is 4.00. The van der Waals surface area contributed by atoms with Gasteiger partial charge in [0.1, 0.15) is 5.82 Å². The summed E-state index contributed by atoms with van der Waals surface area (Å²) in [7, 11) is 0. The van der Waals surface area contributed by atoms with Crippen molar-refractivity contribution in [1.82, 2.24) is 9.88 Å². The minimum absolute atomic E-state index is 0.142. The number of likely N-dealkylation sites (tertiary alicyclic amines) is 1. The van der Waals surface area contributed by atoms with Crippen LogP contribution < -0.4 is 0 Å². The molecule has 0 saturated carbocycles. The Labute approximate surface area is 118 Å². The Bertz CT molecular complexity index is 450. The molecule has 1 aromatic heterocycles. The first-order chi connectivity index (χ1) is 9.56. The van der Waals surface area contributed by atoms with Gasteiger partial charge in [0.05, 0.1) is 11.9 Å². The van der Waals surface area contributed by atoms with Gasteiger partial charge in [0, 0.05) is 19.0 Å². The van der Waals surface area contributed by atoms with Gasteiger partial charge in [-0.2, -0.15) is 0 Å². The Kier molecular flexibility index (Phi) is 5.06. The number of hydrogen-bond donors (Lipinski definition) is 1.